The minimum absolute atomic E-state index is 0.573. The van der Waals surface area contributed by atoms with Gasteiger partial charge in [-0.2, -0.15) is 0 Å². The van der Waals surface area contributed by atoms with E-state index in [1.807, 2.05) is 0 Å². The van der Waals surface area contributed by atoms with Gasteiger partial charge in [0.15, 0.2) is 0 Å². The molecule has 1 aliphatic heterocycles. The summed E-state index contributed by atoms with van der Waals surface area (Å²) >= 11 is 0. The first-order valence-electron chi connectivity index (χ1n) is 6.68. The SMILES string of the molecule is CCNc1cc(N2CCCC2CN(C)C)ncn1. The standard InChI is InChI=1S/C13H23N5/c1-4-14-12-8-13(16-10-15-12)18-7-5-6-11(18)9-17(2)3/h8,10-11H,4-7,9H2,1-3H3,(H,14,15,16). The number of likely N-dealkylation sites (N-methyl/N-ethyl adjacent to an activating group) is 1. The van der Waals surface area contributed by atoms with Crippen molar-refractivity contribution in [3.05, 3.63) is 12.4 Å². The molecule has 1 aromatic rings. The topological polar surface area (TPSA) is 44.3 Å². The van der Waals surface area contributed by atoms with E-state index in [0.29, 0.717) is 6.04 Å². The highest BCUT2D eigenvalue weighted by Crippen LogP contribution is 2.25. The molecule has 2 heterocycles. The fraction of sp³-hybridized carbons (Fsp3) is 0.692. The largest absolute Gasteiger partial charge is 0.370 e. The fourth-order valence-corrected chi connectivity index (χ4v) is 2.53. The Morgan fingerprint density at radius 3 is 3.00 bits per heavy atom. The third-order valence-electron chi connectivity index (χ3n) is 3.26. The first kappa shape index (κ1) is 13.1. The van der Waals surface area contributed by atoms with Gasteiger partial charge < -0.3 is 15.1 Å². The summed E-state index contributed by atoms with van der Waals surface area (Å²) in [6, 6.07) is 2.63. The van der Waals surface area contributed by atoms with Gasteiger partial charge >= 0.3 is 0 Å². The van der Waals surface area contributed by atoms with Crippen LogP contribution in [-0.4, -0.2) is 54.6 Å². The minimum Gasteiger partial charge on any atom is -0.370 e. The molecule has 2 rings (SSSR count). The molecule has 0 spiro atoms. The number of nitrogens with zero attached hydrogens (tertiary/aromatic N) is 4. The molecule has 0 amide bonds. The van der Waals surface area contributed by atoms with Crippen LogP contribution in [0.4, 0.5) is 11.6 Å². The third-order valence-corrected chi connectivity index (χ3v) is 3.26. The van der Waals surface area contributed by atoms with E-state index >= 15 is 0 Å². The molecule has 1 saturated heterocycles. The second kappa shape index (κ2) is 6.00. The van der Waals surface area contributed by atoms with Gasteiger partial charge in [-0.3, -0.25) is 0 Å². The Bertz CT molecular complexity index is 379. The summed E-state index contributed by atoms with van der Waals surface area (Å²) in [6.45, 7) is 5.14. The van der Waals surface area contributed by atoms with Crippen LogP contribution in [0, 0.1) is 0 Å². The van der Waals surface area contributed by atoms with E-state index in [-0.39, 0.29) is 0 Å². The lowest BCUT2D eigenvalue weighted by molar-refractivity contribution is 0.371. The molecule has 5 heteroatoms. The van der Waals surface area contributed by atoms with E-state index in [1.165, 1.54) is 12.8 Å². The molecule has 0 aromatic carbocycles. The number of rotatable bonds is 5. The molecule has 1 aromatic heterocycles. The van der Waals surface area contributed by atoms with Crippen molar-refractivity contribution in [2.75, 3.05) is 43.9 Å². The molecular weight excluding hydrogens is 226 g/mol. The van der Waals surface area contributed by atoms with Gasteiger partial charge in [-0.15, -0.1) is 0 Å². The van der Waals surface area contributed by atoms with Gasteiger partial charge in [0, 0.05) is 31.7 Å². The van der Waals surface area contributed by atoms with Gasteiger partial charge in [0.05, 0.1) is 0 Å². The molecular formula is C13H23N5. The van der Waals surface area contributed by atoms with Crippen LogP contribution in [0.25, 0.3) is 0 Å². The predicted molar refractivity (Wildman–Crippen MR) is 75.1 cm³/mol. The Balaban J connectivity index is 2.11. The zero-order valence-electron chi connectivity index (χ0n) is 11.6. The van der Waals surface area contributed by atoms with Crippen LogP contribution in [0.5, 0.6) is 0 Å². The lowest BCUT2D eigenvalue weighted by atomic mass is 10.2. The van der Waals surface area contributed by atoms with Gasteiger partial charge in [0.25, 0.3) is 0 Å². The maximum atomic E-state index is 4.42. The van der Waals surface area contributed by atoms with E-state index in [1.54, 1.807) is 6.33 Å². The molecule has 0 bridgehead atoms. The van der Waals surface area contributed by atoms with Crippen LogP contribution in [0.15, 0.2) is 12.4 Å². The second-order valence-electron chi connectivity index (χ2n) is 5.04. The normalized spacial score (nSPS) is 19.6. The summed E-state index contributed by atoms with van der Waals surface area (Å²) in [5.41, 5.74) is 0. The smallest absolute Gasteiger partial charge is 0.134 e. The summed E-state index contributed by atoms with van der Waals surface area (Å²) in [5.74, 6) is 1.96. The summed E-state index contributed by atoms with van der Waals surface area (Å²) in [6.07, 6.45) is 4.15. The highest BCUT2D eigenvalue weighted by atomic mass is 15.3. The zero-order valence-corrected chi connectivity index (χ0v) is 11.6. The molecule has 1 N–H and O–H groups in total. The maximum absolute atomic E-state index is 4.42. The van der Waals surface area contributed by atoms with Crippen molar-refractivity contribution in [3.8, 4) is 0 Å². The van der Waals surface area contributed by atoms with Crippen LogP contribution < -0.4 is 10.2 Å². The Morgan fingerprint density at radius 1 is 1.44 bits per heavy atom. The van der Waals surface area contributed by atoms with Crippen LogP contribution in [-0.2, 0) is 0 Å². The van der Waals surface area contributed by atoms with E-state index in [9.17, 15) is 0 Å². The number of hydrogen-bond acceptors (Lipinski definition) is 5. The molecule has 18 heavy (non-hydrogen) atoms. The van der Waals surface area contributed by atoms with E-state index in [4.69, 9.17) is 0 Å². The average molecular weight is 249 g/mol. The number of aromatic nitrogens is 2. The van der Waals surface area contributed by atoms with E-state index in [0.717, 1.165) is 31.3 Å². The first-order valence-corrected chi connectivity index (χ1v) is 6.68. The fourth-order valence-electron chi connectivity index (χ4n) is 2.53. The van der Waals surface area contributed by atoms with Crippen molar-refractivity contribution in [2.45, 2.75) is 25.8 Å². The van der Waals surface area contributed by atoms with Crippen molar-refractivity contribution in [1.29, 1.82) is 0 Å². The van der Waals surface area contributed by atoms with E-state index in [2.05, 4.69) is 52.2 Å². The maximum Gasteiger partial charge on any atom is 0.134 e. The lowest BCUT2D eigenvalue weighted by Gasteiger charge is -2.28. The highest BCUT2D eigenvalue weighted by Gasteiger charge is 2.26. The first-order chi connectivity index (χ1) is 8.70. The summed E-state index contributed by atoms with van der Waals surface area (Å²) in [5, 5.41) is 3.24. The third kappa shape index (κ3) is 3.10. The molecule has 5 nitrogen and oxygen atoms in total. The van der Waals surface area contributed by atoms with Crippen LogP contribution in [0.3, 0.4) is 0 Å². The molecule has 0 saturated carbocycles. The van der Waals surface area contributed by atoms with Gasteiger partial charge in [-0.05, 0) is 33.9 Å². The van der Waals surface area contributed by atoms with Gasteiger partial charge in [-0.25, -0.2) is 9.97 Å². The average Bonchev–Trinajstić information content (AvgIpc) is 2.77. The van der Waals surface area contributed by atoms with Crippen molar-refractivity contribution in [2.24, 2.45) is 0 Å². The van der Waals surface area contributed by atoms with Gasteiger partial charge in [0.2, 0.25) is 0 Å². The zero-order chi connectivity index (χ0) is 13.0. The second-order valence-corrected chi connectivity index (χ2v) is 5.04. The van der Waals surface area contributed by atoms with Crippen LogP contribution in [0.2, 0.25) is 0 Å². The predicted octanol–water partition coefficient (Wildman–Crippen LogP) is 1.44. The van der Waals surface area contributed by atoms with Gasteiger partial charge in [0.1, 0.15) is 18.0 Å². The Morgan fingerprint density at radius 2 is 2.28 bits per heavy atom. The Kier molecular flexibility index (Phi) is 4.36. The number of anilines is 2. The Hall–Kier alpha value is -1.36. The summed E-state index contributed by atoms with van der Waals surface area (Å²) in [4.78, 5) is 13.3. The van der Waals surface area contributed by atoms with E-state index < -0.39 is 0 Å². The van der Waals surface area contributed by atoms with Crippen LogP contribution >= 0.6 is 0 Å². The van der Waals surface area contributed by atoms with Crippen LogP contribution in [0.1, 0.15) is 19.8 Å². The minimum atomic E-state index is 0.573. The molecule has 1 aliphatic rings. The molecule has 1 unspecified atom stereocenters. The molecule has 1 atom stereocenters. The van der Waals surface area contributed by atoms with Crippen molar-refractivity contribution in [1.82, 2.24) is 14.9 Å². The van der Waals surface area contributed by atoms with Crippen molar-refractivity contribution >= 4 is 11.6 Å². The highest BCUT2D eigenvalue weighted by molar-refractivity contribution is 5.49. The number of nitrogens with one attached hydrogen (secondary N) is 1. The quantitative estimate of drug-likeness (QED) is 0.855. The lowest BCUT2D eigenvalue weighted by Crippen LogP contribution is -2.38. The monoisotopic (exact) mass is 249 g/mol. The molecule has 1 fully saturated rings. The van der Waals surface area contributed by atoms with Crippen molar-refractivity contribution < 1.29 is 0 Å². The molecule has 100 valence electrons. The summed E-state index contributed by atoms with van der Waals surface area (Å²) < 4.78 is 0. The number of hydrogen-bond donors (Lipinski definition) is 1. The summed E-state index contributed by atoms with van der Waals surface area (Å²) in [7, 11) is 4.25. The molecule has 0 aliphatic carbocycles. The Labute approximate surface area is 109 Å². The van der Waals surface area contributed by atoms with Gasteiger partial charge in [-0.1, -0.05) is 0 Å². The molecule has 0 radical (unpaired) electrons. The van der Waals surface area contributed by atoms with Crippen molar-refractivity contribution in [3.63, 3.8) is 0 Å².